The first-order valence-electron chi connectivity index (χ1n) is 6.90. The van der Waals surface area contributed by atoms with Crippen molar-refractivity contribution >= 4 is 29.2 Å². The van der Waals surface area contributed by atoms with Crippen LogP contribution in [0.1, 0.15) is 12.8 Å². The Balaban J connectivity index is 1.56. The molecule has 1 heterocycles. The minimum absolute atomic E-state index is 0.0627. The quantitative estimate of drug-likeness (QED) is 0.852. The molecule has 1 N–H and O–H groups in total. The molecule has 20 heavy (non-hydrogen) atoms. The van der Waals surface area contributed by atoms with E-state index in [1.807, 2.05) is 0 Å². The van der Waals surface area contributed by atoms with Gasteiger partial charge in [0.05, 0.1) is 11.8 Å². The van der Waals surface area contributed by atoms with Gasteiger partial charge in [-0.15, -0.1) is 0 Å². The number of hydrogen-bond acceptors (Lipinski definition) is 3. The lowest BCUT2D eigenvalue weighted by Crippen LogP contribution is -2.35. The highest BCUT2D eigenvalue weighted by Crippen LogP contribution is 2.57. The van der Waals surface area contributed by atoms with Crippen LogP contribution in [0.25, 0.3) is 0 Å². The summed E-state index contributed by atoms with van der Waals surface area (Å²) in [6.07, 6.45) is 1.84. The summed E-state index contributed by atoms with van der Waals surface area (Å²) in [6, 6.07) is 7.06. The van der Waals surface area contributed by atoms with E-state index < -0.39 is 0 Å². The minimum atomic E-state index is -0.245. The molecule has 5 heteroatoms. The highest BCUT2D eigenvalue weighted by Gasteiger charge is 2.63. The summed E-state index contributed by atoms with van der Waals surface area (Å²) in [5.74, 6) is -0.222. The summed E-state index contributed by atoms with van der Waals surface area (Å²) in [5, 5.41) is 3.46. The summed E-state index contributed by atoms with van der Waals surface area (Å²) in [4.78, 5) is 24.4. The number of fused-ring (bicyclic) bond motifs is 1. The molecule has 2 aliphatic carbocycles. The van der Waals surface area contributed by atoms with E-state index in [1.54, 1.807) is 24.3 Å². The predicted octanol–water partition coefficient (Wildman–Crippen LogP) is 2.48. The smallest absolute Gasteiger partial charge is 0.310 e. The van der Waals surface area contributed by atoms with Crippen LogP contribution in [0.3, 0.4) is 0 Å². The lowest BCUT2D eigenvalue weighted by atomic mass is 9.79. The van der Waals surface area contributed by atoms with Crippen LogP contribution in [-0.4, -0.2) is 18.0 Å². The predicted molar refractivity (Wildman–Crippen MR) is 73.2 cm³/mol. The topological polar surface area (TPSA) is 55.4 Å². The van der Waals surface area contributed by atoms with Crippen molar-refractivity contribution in [3.8, 4) is 0 Å². The van der Waals surface area contributed by atoms with Crippen molar-refractivity contribution in [1.29, 1.82) is 0 Å². The number of rotatable bonds is 2. The number of hydrogen-bond donors (Lipinski definition) is 1. The summed E-state index contributed by atoms with van der Waals surface area (Å²) in [7, 11) is 0. The Morgan fingerprint density at radius 3 is 3.00 bits per heavy atom. The molecule has 1 aromatic rings. The van der Waals surface area contributed by atoms with Gasteiger partial charge >= 0.3 is 5.97 Å². The number of nitrogens with one attached hydrogen (secondary N) is 1. The molecule has 1 saturated heterocycles. The lowest BCUT2D eigenvalue weighted by molar-refractivity contribution is -0.145. The first-order chi connectivity index (χ1) is 9.63. The molecule has 1 amide bonds. The highest BCUT2D eigenvalue weighted by atomic mass is 35.5. The van der Waals surface area contributed by atoms with E-state index in [0.29, 0.717) is 10.7 Å². The van der Waals surface area contributed by atoms with Crippen LogP contribution in [0.5, 0.6) is 0 Å². The van der Waals surface area contributed by atoms with Gasteiger partial charge in [-0.3, -0.25) is 9.59 Å². The number of carbonyl (C=O) groups is 2. The second-order valence-electron chi connectivity index (χ2n) is 5.92. The molecule has 104 valence electrons. The third-order valence-corrected chi connectivity index (χ3v) is 5.11. The van der Waals surface area contributed by atoms with Crippen LogP contribution in [0.2, 0.25) is 5.02 Å². The number of amides is 1. The van der Waals surface area contributed by atoms with Crippen molar-refractivity contribution in [3.05, 3.63) is 29.3 Å². The van der Waals surface area contributed by atoms with E-state index in [0.717, 1.165) is 12.8 Å². The van der Waals surface area contributed by atoms with Crippen molar-refractivity contribution in [2.24, 2.45) is 23.7 Å². The van der Waals surface area contributed by atoms with Gasteiger partial charge in [0, 0.05) is 16.6 Å². The SMILES string of the molecule is O=C(Nc1cccc(Cl)c1)[C@@H]1[C@@H]2C[C@@H]3[C@H]1C(=O)O[C@H]3C2. The number of halogens is 1. The van der Waals surface area contributed by atoms with Gasteiger partial charge in [0.2, 0.25) is 5.91 Å². The number of carbonyl (C=O) groups excluding carboxylic acids is 2. The maximum absolute atomic E-state index is 12.5. The normalized spacial score (nSPS) is 37.0. The summed E-state index contributed by atoms with van der Waals surface area (Å²) < 4.78 is 5.35. The molecule has 2 saturated carbocycles. The number of esters is 1. The van der Waals surface area contributed by atoms with Gasteiger partial charge in [0.25, 0.3) is 0 Å². The molecule has 4 rings (SSSR count). The van der Waals surface area contributed by atoms with Crippen molar-refractivity contribution in [1.82, 2.24) is 0 Å². The Hall–Kier alpha value is -1.55. The Morgan fingerprint density at radius 1 is 1.35 bits per heavy atom. The van der Waals surface area contributed by atoms with Crippen LogP contribution >= 0.6 is 11.6 Å². The molecule has 4 nitrogen and oxygen atoms in total. The first-order valence-corrected chi connectivity index (χ1v) is 7.28. The summed E-state index contributed by atoms with van der Waals surface area (Å²) in [6.45, 7) is 0. The van der Waals surface area contributed by atoms with Crippen LogP contribution in [0.15, 0.2) is 24.3 Å². The van der Waals surface area contributed by atoms with Crippen molar-refractivity contribution in [2.45, 2.75) is 18.9 Å². The average molecular weight is 292 g/mol. The third kappa shape index (κ3) is 1.67. The van der Waals surface area contributed by atoms with Gasteiger partial charge in [-0.05, 0) is 37.0 Å². The van der Waals surface area contributed by atoms with E-state index in [2.05, 4.69) is 5.32 Å². The summed E-state index contributed by atoms with van der Waals surface area (Å²) >= 11 is 5.91. The molecule has 0 unspecified atom stereocenters. The maximum Gasteiger partial charge on any atom is 0.310 e. The molecule has 0 spiro atoms. The minimum Gasteiger partial charge on any atom is -0.462 e. The van der Waals surface area contributed by atoms with Crippen molar-refractivity contribution in [2.75, 3.05) is 5.32 Å². The number of anilines is 1. The van der Waals surface area contributed by atoms with Crippen LogP contribution < -0.4 is 5.32 Å². The fraction of sp³-hybridized carbons (Fsp3) is 0.467. The average Bonchev–Trinajstić information content (AvgIpc) is 2.99. The highest BCUT2D eigenvalue weighted by molar-refractivity contribution is 6.30. The lowest BCUT2D eigenvalue weighted by Gasteiger charge is -2.23. The van der Waals surface area contributed by atoms with E-state index in [4.69, 9.17) is 16.3 Å². The molecule has 2 bridgehead atoms. The van der Waals surface area contributed by atoms with Gasteiger partial charge < -0.3 is 10.1 Å². The first kappa shape index (κ1) is 12.2. The Morgan fingerprint density at radius 2 is 2.20 bits per heavy atom. The van der Waals surface area contributed by atoms with E-state index >= 15 is 0 Å². The molecule has 1 aliphatic heterocycles. The third-order valence-electron chi connectivity index (χ3n) is 4.88. The second kappa shape index (κ2) is 4.22. The zero-order valence-electron chi connectivity index (χ0n) is 10.7. The van der Waals surface area contributed by atoms with Gasteiger partial charge in [0.1, 0.15) is 6.10 Å². The number of benzene rings is 1. The molecular formula is C15H14ClNO3. The van der Waals surface area contributed by atoms with E-state index in [-0.39, 0.29) is 41.7 Å². The zero-order chi connectivity index (χ0) is 13.9. The molecule has 5 atom stereocenters. The fourth-order valence-corrected chi connectivity index (χ4v) is 4.35. The van der Waals surface area contributed by atoms with Gasteiger partial charge in [-0.2, -0.15) is 0 Å². The molecular weight excluding hydrogens is 278 g/mol. The van der Waals surface area contributed by atoms with Gasteiger partial charge in [-0.25, -0.2) is 0 Å². The Bertz CT molecular complexity index is 601. The zero-order valence-corrected chi connectivity index (χ0v) is 11.5. The van der Waals surface area contributed by atoms with E-state index in [1.165, 1.54) is 0 Å². The van der Waals surface area contributed by atoms with Crippen molar-refractivity contribution in [3.63, 3.8) is 0 Å². The monoisotopic (exact) mass is 291 g/mol. The number of ether oxygens (including phenoxy) is 1. The second-order valence-corrected chi connectivity index (χ2v) is 6.36. The molecule has 0 aromatic heterocycles. The molecule has 1 aromatic carbocycles. The fourth-order valence-electron chi connectivity index (χ4n) is 4.16. The molecule has 3 fully saturated rings. The van der Waals surface area contributed by atoms with Crippen LogP contribution in [0, 0.1) is 23.7 Å². The van der Waals surface area contributed by atoms with Crippen LogP contribution in [-0.2, 0) is 14.3 Å². The molecule has 3 aliphatic rings. The summed E-state index contributed by atoms with van der Waals surface area (Å²) in [5.41, 5.74) is 0.674. The molecule has 0 radical (unpaired) electrons. The standard InChI is InChI=1S/C15H14ClNO3/c16-8-2-1-3-9(6-8)17-14(18)12-7-4-10-11(5-7)20-15(19)13(10)12/h1-3,6-7,10-13H,4-5H2,(H,17,18)/t7-,10+,11+,12-,13-/m1/s1. The van der Waals surface area contributed by atoms with Gasteiger partial charge in [-0.1, -0.05) is 17.7 Å². The van der Waals surface area contributed by atoms with Crippen molar-refractivity contribution < 1.29 is 14.3 Å². The largest absolute Gasteiger partial charge is 0.462 e. The van der Waals surface area contributed by atoms with Gasteiger partial charge in [0.15, 0.2) is 0 Å². The Kier molecular flexibility index (Phi) is 2.58. The maximum atomic E-state index is 12.5. The van der Waals surface area contributed by atoms with E-state index in [9.17, 15) is 9.59 Å². The van der Waals surface area contributed by atoms with Crippen LogP contribution in [0.4, 0.5) is 5.69 Å². The Labute approximate surface area is 121 Å².